The van der Waals surface area contributed by atoms with E-state index in [1.807, 2.05) is 0 Å². The molecule has 312 valence electrons. The molecule has 0 bridgehead atoms. The molecule has 0 fully saturated rings. The van der Waals surface area contributed by atoms with Gasteiger partial charge in [-0.3, -0.25) is 14.1 Å². The first-order chi connectivity index (χ1) is 24.8. The molecule has 0 aromatic rings. The Morgan fingerprint density at radius 1 is 0.538 bits per heavy atom. The molecule has 2 N–H and O–H groups in total. The largest absolute Gasteiger partial charge is 0.469 e. The first-order valence-corrected chi connectivity index (χ1v) is 24.1. The van der Waals surface area contributed by atoms with Crippen molar-refractivity contribution in [3.63, 3.8) is 0 Å². The fraction of sp³-hybridized carbons (Fsp3) is 0.952. The summed E-state index contributed by atoms with van der Waals surface area (Å²) in [5.41, 5.74) is 0. The highest BCUT2D eigenvalue weighted by Gasteiger charge is 2.22. The van der Waals surface area contributed by atoms with Gasteiger partial charge in [0, 0.05) is 12.8 Å². The normalized spacial score (nSPS) is 12.4. The second kappa shape index (κ2) is 38.8. The number of hydrogen-bond donors (Lipinski definition) is 2. The van der Waals surface area contributed by atoms with Crippen LogP contribution in [-0.4, -0.2) is 71.5 Å². The fourth-order valence-electron chi connectivity index (χ4n) is 6.22. The number of carbonyl (C=O) groups is 2. The zero-order valence-electron chi connectivity index (χ0n) is 35.2. The SMILES string of the molecule is CCCCCCCCCCCCCCCCC(=O)SC(COC(=O)CCCCCCCCCCCCCCC)COP(=O)(O)O.CCC[N+](C)(C)C. The average Bonchev–Trinajstić information content (AvgIpc) is 3.07. The van der Waals surface area contributed by atoms with Crippen LogP contribution in [0.2, 0.25) is 0 Å². The number of unbranched alkanes of at least 4 members (excludes halogenated alkanes) is 25. The van der Waals surface area contributed by atoms with E-state index in [4.69, 9.17) is 14.5 Å². The molecule has 0 amide bonds. The number of phosphoric acid groups is 1. The molecule has 0 heterocycles. The van der Waals surface area contributed by atoms with E-state index in [0.29, 0.717) is 12.8 Å². The molecule has 0 aliphatic carbocycles. The van der Waals surface area contributed by atoms with Gasteiger partial charge in [-0.2, -0.15) is 0 Å². The molecule has 10 heteroatoms. The van der Waals surface area contributed by atoms with Gasteiger partial charge in [-0.05, 0) is 19.3 Å². The summed E-state index contributed by atoms with van der Waals surface area (Å²) in [6.45, 7) is 7.56. The van der Waals surface area contributed by atoms with Gasteiger partial charge in [0.25, 0.3) is 0 Å². The van der Waals surface area contributed by atoms with Crippen molar-refractivity contribution in [3.05, 3.63) is 0 Å². The molecule has 0 aliphatic rings. The van der Waals surface area contributed by atoms with Gasteiger partial charge in [-0.1, -0.05) is 193 Å². The lowest BCUT2D eigenvalue weighted by Gasteiger charge is -2.22. The summed E-state index contributed by atoms with van der Waals surface area (Å²) < 4.78 is 22.3. The Morgan fingerprint density at radius 2 is 0.885 bits per heavy atom. The van der Waals surface area contributed by atoms with Crippen LogP contribution in [0.5, 0.6) is 0 Å². The molecule has 0 aliphatic heterocycles. The molecular weight excluding hydrogens is 694 g/mol. The van der Waals surface area contributed by atoms with Crippen molar-refractivity contribution in [2.75, 3.05) is 40.9 Å². The van der Waals surface area contributed by atoms with Crippen LogP contribution in [0, 0.1) is 0 Å². The monoisotopic (exact) mass is 781 g/mol. The van der Waals surface area contributed by atoms with Crippen LogP contribution in [0.4, 0.5) is 0 Å². The number of phosphoric ester groups is 1. The third-order valence-corrected chi connectivity index (χ3v) is 10.8. The Kier molecular flexibility index (Phi) is 40.1. The molecule has 8 nitrogen and oxygen atoms in total. The highest BCUT2D eigenvalue weighted by atomic mass is 32.2. The second-order valence-electron chi connectivity index (χ2n) is 15.9. The van der Waals surface area contributed by atoms with E-state index in [9.17, 15) is 14.2 Å². The number of nitrogens with zero attached hydrogens (tertiary/aromatic N) is 1. The summed E-state index contributed by atoms with van der Waals surface area (Å²) in [6.07, 6.45) is 35.6. The van der Waals surface area contributed by atoms with Crippen molar-refractivity contribution >= 4 is 30.7 Å². The quantitative estimate of drug-likeness (QED) is 0.0277. The molecule has 1 unspecified atom stereocenters. The molecular formula is C42H87NO7PS+. The van der Waals surface area contributed by atoms with E-state index in [2.05, 4.69) is 46.4 Å². The van der Waals surface area contributed by atoms with Gasteiger partial charge in [0.05, 0.1) is 39.5 Å². The van der Waals surface area contributed by atoms with Crippen LogP contribution >= 0.6 is 19.6 Å². The van der Waals surface area contributed by atoms with E-state index in [1.165, 1.54) is 148 Å². The van der Waals surface area contributed by atoms with Crippen LogP contribution < -0.4 is 0 Å². The summed E-state index contributed by atoms with van der Waals surface area (Å²) in [5, 5.41) is -0.687. The second-order valence-corrected chi connectivity index (χ2v) is 18.5. The first-order valence-electron chi connectivity index (χ1n) is 21.7. The molecule has 0 saturated carbocycles. The first kappa shape index (κ1) is 53.7. The van der Waals surface area contributed by atoms with Gasteiger partial charge in [-0.25, -0.2) is 4.57 Å². The summed E-state index contributed by atoms with van der Waals surface area (Å²) >= 11 is 0.976. The summed E-state index contributed by atoms with van der Waals surface area (Å²) in [6, 6.07) is 0. The van der Waals surface area contributed by atoms with Gasteiger partial charge in [0.2, 0.25) is 0 Å². The third kappa shape index (κ3) is 47.6. The van der Waals surface area contributed by atoms with E-state index in [0.717, 1.165) is 54.8 Å². The molecule has 1 atom stereocenters. The van der Waals surface area contributed by atoms with Gasteiger partial charge in [0.1, 0.15) is 6.61 Å². The van der Waals surface area contributed by atoms with Crippen molar-refractivity contribution < 1.29 is 37.7 Å². The lowest BCUT2D eigenvalue weighted by molar-refractivity contribution is -0.870. The minimum Gasteiger partial charge on any atom is -0.464 e. The summed E-state index contributed by atoms with van der Waals surface area (Å²) in [7, 11) is 1.96. The molecule has 0 radical (unpaired) electrons. The maximum absolute atomic E-state index is 12.5. The highest BCUT2D eigenvalue weighted by Crippen LogP contribution is 2.37. The standard InChI is InChI=1S/C36H71O7PS.C6H16N/c1-3-5-7-9-11-13-15-17-19-21-23-25-27-29-31-36(38)45-34(33-43-44(39,40)41)32-42-35(37)30-28-26-24-22-20-18-16-14-12-10-8-6-4-2;1-5-6-7(2,3)4/h34H,3-33H2,1-2H3,(H2,39,40,41);5-6H2,1-4H3/q;+1. The van der Waals surface area contributed by atoms with Crippen molar-refractivity contribution in [1.82, 2.24) is 0 Å². The fourth-order valence-corrected chi connectivity index (χ4v) is 7.60. The topological polar surface area (TPSA) is 110 Å². The zero-order valence-corrected chi connectivity index (χ0v) is 36.9. The van der Waals surface area contributed by atoms with Crippen molar-refractivity contribution in [2.45, 2.75) is 219 Å². The van der Waals surface area contributed by atoms with E-state index >= 15 is 0 Å². The average molecular weight is 781 g/mol. The summed E-state index contributed by atoms with van der Waals surface area (Å²) in [5.74, 6) is -0.334. The zero-order chi connectivity index (χ0) is 39.2. The maximum Gasteiger partial charge on any atom is 0.469 e. The van der Waals surface area contributed by atoms with E-state index in [1.54, 1.807) is 0 Å². The molecule has 0 aromatic heterocycles. The minimum absolute atomic E-state index is 0.0548. The van der Waals surface area contributed by atoms with Crippen LogP contribution in [0.1, 0.15) is 213 Å². The van der Waals surface area contributed by atoms with E-state index in [-0.39, 0.29) is 24.3 Å². The molecule has 0 aromatic carbocycles. The Balaban J connectivity index is 0. The highest BCUT2D eigenvalue weighted by molar-refractivity contribution is 8.14. The van der Waals surface area contributed by atoms with Crippen LogP contribution in [-0.2, 0) is 23.4 Å². The Labute approximate surface area is 326 Å². The lowest BCUT2D eigenvalue weighted by Crippen LogP contribution is -2.34. The predicted molar refractivity (Wildman–Crippen MR) is 224 cm³/mol. The van der Waals surface area contributed by atoms with Crippen molar-refractivity contribution in [1.29, 1.82) is 0 Å². The number of carbonyl (C=O) groups excluding carboxylic acids is 2. The van der Waals surface area contributed by atoms with Gasteiger partial charge in [-0.15, -0.1) is 0 Å². The molecule has 0 spiro atoms. The molecule has 52 heavy (non-hydrogen) atoms. The number of hydrogen-bond acceptors (Lipinski definition) is 6. The molecule has 0 rings (SSSR count). The maximum atomic E-state index is 12.5. The van der Waals surface area contributed by atoms with E-state index < -0.39 is 13.1 Å². The van der Waals surface area contributed by atoms with Gasteiger partial charge >= 0.3 is 13.8 Å². The Hall–Kier alpha value is -0.440. The van der Waals surface area contributed by atoms with Crippen LogP contribution in [0.25, 0.3) is 0 Å². The number of esters is 1. The Bertz CT molecular complexity index is 834. The van der Waals surface area contributed by atoms with Gasteiger partial charge < -0.3 is 19.0 Å². The number of ether oxygens (including phenoxy) is 1. The Morgan fingerprint density at radius 3 is 1.19 bits per heavy atom. The minimum atomic E-state index is -4.67. The molecule has 0 saturated heterocycles. The predicted octanol–water partition coefficient (Wildman–Crippen LogP) is 12.7. The lowest BCUT2D eigenvalue weighted by atomic mass is 10.0. The van der Waals surface area contributed by atoms with Crippen molar-refractivity contribution in [2.24, 2.45) is 0 Å². The number of rotatable bonds is 37. The van der Waals surface area contributed by atoms with Crippen molar-refractivity contribution in [3.8, 4) is 0 Å². The number of thioether (sulfide) groups is 1. The third-order valence-electron chi connectivity index (χ3n) is 9.27. The summed E-state index contributed by atoms with van der Waals surface area (Å²) in [4.78, 5) is 43.0. The van der Waals surface area contributed by atoms with Crippen LogP contribution in [0.15, 0.2) is 0 Å². The number of quaternary nitrogens is 1. The smallest absolute Gasteiger partial charge is 0.464 e. The van der Waals surface area contributed by atoms with Gasteiger partial charge in [0.15, 0.2) is 5.12 Å². The van der Waals surface area contributed by atoms with Crippen LogP contribution in [0.3, 0.4) is 0 Å².